The van der Waals surface area contributed by atoms with Crippen LogP contribution in [0.3, 0.4) is 0 Å². The maximum Gasteiger partial charge on any atom is 0.415 e. The summed E-state index contributed by atoms with van der Waals surface area (Å²) in [5.74, 6) is -0.0762. The average molecular weight is 530 g/mol. The molecule has 39 heavy (non-hydrogen) atoms. The van der Waals surface area contributed by atoms with Crippen LogP contribution < -0.4 is 4.74 Å². The molecule has 3 aliphatic heterocycles. The van der Waals surface area contributed by atoms with Gasteiger partial charge in [0, 0.05) is 50.9 Å². The lowest BCUT2D eigenvalue weighted by atomic mass is 9.92. The zero-order valence-electron chi connectivity index (χ0n) is 21.9. The van der Waals surface area contributed by atoms with Crippen LogP contribution in [0.1, 0.15) is 32.6 Å². The number of carbonyl (C=O) groups excluding carboxylic acids is 2. The van der Waals surface area contributed by atoms with E-state index in [2.05, 4.69) is 23.1 Å². The minimum Gasteiger partial charge on any atom is -0.410 e. The molecule has 0 bridgehead atoms. The van der Waals surface area contributed by atoms with Crippen molar-refractivity contribution in [2.45, 2.75) is 32.0 Å². The minimum absolute atomic E-state index is 0.0107. The third-order valence-electron chi connectivity index (χ3n) is 7.93. The third-order valence-corrected chi connectivity index (χ3v) is 7.93. The first-order valence-corrected chi connectivity index (χ1v) is 13.6. The zero-order valence-corrected chi connectivity index (χ0v) is 21.9. The van der Waals surface area contributed by atoms with Gasteiger partial charge < -0.3 is 19.3 Å². The van der Waals surface area contributed by atoms with Gasteiger partial charge in [-0.25, -0.2) is 9.18 Å². The molecular weight excluding hydrogens is 497 g/mol. The third kappa shape index (κ3) is 5.67. The molecule has 3 aliphatic rings. The van der Waals surface area contributed by atoms with Crippen LogP contribution in [0.2, 0.25) is 0 Å². The summed E-state index contributed by atoms with van der Waals surface area (Å²) in [7, 11) is 0. The van der Waals surface area contributed by atoms with E-state index in [-0.39, 0.29) is 17.8 Å². The first-order valence-electron chi connectivity index (χ1n) is 13.6. The molecule has 1 fully saturated rings. The van der Waals surface area contributed by atoms with Gasteiger partial charge in [-0.2, -0.15) is 0 Å². The smallest absolute Gasteiger partial charge is 0.410 e. The van der Waals surface area contributed by atoms with Crippen molar-refractivity contribution in [2.75, 3.05) is 39.4 Å². The Morgan fingerprint density at radius 3 is 2.44 bits per heavy atom. The Bertz CT molecular complexity index is 1360. The van der Waals surface area contributed by atoms with E-state index in [1.165, 1.54) is 35.4 Å². The Morgan fingerprint density at radius 1 is 0.872 bits per heavy atom. The summed E-state index contributed by atoms with van der Waals surface area (Å²) < 4.78 is 24.2. The first-order chi connectivity index (χ1) is 19.0. The molecule has 0 N–H and O–H groups in total. The number of hydrogen-bond donors (Lipinski definition) is 0. The molecule has 2 amide bonds. The van der Waals surface area contributed by atoms with Crippen molar-refractivity contribution in [1.82, 2.24) is 14.7 Å². The first kappa shape index (κ1) is 25.5. The SMILES string of the molecule is O=C(Oc1ccc(F)cc1)N1CCc2ccc(C(=O)N3Cc4ccccc4C[C@H]3CN3CCOCC3)cc2C1. The summed E-state index contributed by atoms with van der Waals surface area (Å²) in [5.41, 5.74) is 5.21. The molecule has 3 heterocycles. The van der Waals surface area contributed by atoms with Crippen LogP contribution in [0.4, 0.5) is 9.18 Å². The molecule has 0 aliphatic carbocycles. The van der Waals surface area contributed by atoms with Crippen molar-refractivity contribution in [3.8, 4) is 5.75 Å². The zero-order chi connectivity index (χ0) is 26.8. The van der Waals surface area contributed by atoms with Crippen molar-refractivity contribution >= 4 is 12.0 Å². The highest BCUT2D eigenvalue weighted by molar-refractivity contribution is 5.95. The normalized spacial score (nSPS) is 19.3. The summed E-state index contributed by atoms with van der Waals surface area (Å²) in [6.07, 6.45) is 1.02. The maximum atomic E-state index is 14.0. The van der Waals surface area contributed by atoms with Gasteiger partial charge in [0.2, 0.25) is 0 Å². The summed E-state index contributed by atoms with van der Waals surface area (Å²) in [4.78, 5) is 32.8. The number of benzene rings is 3. The van der Waals surface area contributed by atoms with E-state index in [1.807, 2.05) is 29.2 Å². The van der Waals surface area contributed by atoms with E-state index < -0.39 is 6.09 Å². The van der Waals surface area contributed by atoms with E-state index in [0.717, 1.165) is 50.4 Å². The molecule has 0 radical (unpaired) electrons. The van der Waals surface area contributed by atoms with Gasteiger partial charge in [0.05, 0.1) is 13.2 Å². The Kier molecular flexibility index (Phi) is 7.30. The van der Waals surface area contributed by atoms with Crippen LogP contribution >= 0.6 is 0 Å². The number of ether oxygens (including phenoxy) is 2. The number of carbonyl (C=O) groups is 2. The Balaban J connectivity index is 1.20. The molecule has 0 unspecified atom stereocenters. The van der Waals surface area contributed by atoms with Crippen molar-refractivity contribution in [1.29, 1.82) is 0 Å². The van der Waals surface area contributed by atoms with Gasteiger partial charge in [0.15, 0.2) is 0 Å². The topological polar surface area (TPSA) is 62.3 Å². The van der Waals surface area contributed by atoms with Gasteiger partial charge in [-0.15, -0.1) is 0 Å². The molecule has 7 nitrogen and oxygen atoms in total. The Morgan fingerprint density at radius 2 is 1.64 bits per heavy atom. The van der Waals surface area contributed by atoms with Crippen molar-refractivity contribution in [3.63, 3.8) is 0 Å². The summed E-state index contributed by atoms with van der Waals surface area (Å²) in [6, 6.07) is 19.7. The van der Waals surface area contributed by atoms with Crippen molar-refractivity contribution in [2.24, 2.45) is 0 Å². The van der Waals surface area contributed by atoms with Crippen LogP contribution in [0.15, 0.2) is 66.7 Å². The fourth-order valence-corrected chi connectivity index (χ4v) is 5.75. The largest absolute Gasteiger partial charge is 0.415 e. The van der Waals surface area contributed by atoms with Crippen LogP contribution in [-0.2, 0) is 30.7 Å². The molecule has 1 saturated heterocycles. The van der Waals surface area contributed by atoms with Gasteiger partial charge in [-0.05, 0) is 71.5 Å². The van der Waals surface area contributed by atoms with Gasteiger partial charge in [0.25, 0.3) is 5.91 Å². The number of amides is 2. The molecular formula is C31H32FN3O4. The van der Waals surface area contributed by atoms with Crippen LogP contribution in [0.5, 0.6) is 5.75 Å². The number of halogens is 1. The molecule has 1 atom stereocenters. The second-order valence-electron chi connectivity index (χ2n) is 10.4. The number of nitrogens with zero attached hydrogens (tertiary/aromatic N) is 3. The highest BCUT2D eigenvalue weighted by Gasteiger charge is 2.33. The van der Waals surface area contributed by atoms with Crippen LogP contribution in [-0.4, -0.2) is 72.1 Å². The molecule has 0 spiro atoms. The van der Waals surface area contributed by atoms with Crippen molar-refractivity contribution < 1.29 is 23.5 Å². The second kappa shape index (κ2) is 11.2. The van der Waals surface area contributed by atoms with E-state index in [1.54, 1.807) is 4.90 Å². The highest BCUT2D eigenvalue weighted by atomic mass is 19.1. The number of hydrogen-bond acceptors (Lipinski definition) is 5. The predicted molar refractivity (Wildman–Crippen MR) is 144 cm³/mol. The van der Waals surface area contributed by atoms with Gasteiger partial charge in [-0.1, -0.05) is 30.3 Å². The van der Waals surface area contributed by atoms with E-state index in [0.29, 0.717) is 37.4 Å². The Hall–Kier alpha value is -3.75. The summed E-state index contributed by atoms with van der Waals surface area (Å²) in [5, 5.41) is 0. The quantitative estimate of drug-likeness (QED) is 0.505. The van der Waals surface area contributed by atoms with Crippen LogP contribution in [0.25, 0.3) is 0 Å². The van der Waals surface area contributed by atoms with E-state index in [4.69, 9.17) is 9.47 Å². The Labute approximate surface area is 227 Å². The molecule has 6 rings (SSSR count). The molecule has 202 valence electrons. The number of rotatable bonds is 4. The fraction of sp³-hybridized carbons (Fsp3) is 0.355. The number of morpholine rings is 1. The van der Waals surface area contributed by atoms with Gasteiger partial charge >= 0.3 is 6.09 Å². The molecule has 3 aromatic rings. The number of fused-ring (bicyclic) bond motifs is 2. The van der Waals surface area contributed by atoms with Gasteiger partial charge in [0.1, 0.15) is 11.6 Å². The van der Waals surface area contributed by atoms with E-state index >= 15 is 0 Å². The lowest BCUT2D eigenvalue weighted by molar-refractivity contribution is 0.0193. The minimum atomic E-state index is -0.484. The monoisotopic (exact) mass is 529 g/mol. The molecule has 3 aromatic carbocycles. The predicted octanol–water partition coefficient (Wildman–Crippen LogP) is 4.28. The molecule has 8 heteroatoms. The average Bonchev–Trinajstić information content (AvgIpc) is 2.97. The molecule has 0 aromatic heterocycles. The second-order valence-corrected chi connectivity index (χ2v) is 10.4. The summed E-state index contributed by atoms with van der Waals surface area (Å²) >= 11 is 0. The van der Waals surface area contributed by atoms with E-state index in [9.17, 15) is 14.0 Å². The highest BCUT2D eigenvalue weighted by Crippen LogP contribution is 2.28. The van der Waals surface area contributed by atoms with Gasteiger partial charge in [-0.3, -0.25) is 9.69 Å². The fourth-order valence-electron chi connectivity index (χ4n) is 5.75. The lowest BCUT2D eigenvalue weighted by Gasteiger charge is -2.40. The lowest BCUT2D eigenvalue weighted by Crippen LogP contribution is -2.52. The standard InChI is InChI=1S/C31H32FN3O4/c32-27-7-9-29(10-8-27)39-31(37)34-12-11-22-5-6-24(17-26(22)19-34)30(36)35-20-25-4-2-1-3-23(25)18-28(35)21-33-13-15-38-16-14-33/h1-10,17,28H,11-16,18-21H2/t28-/m0/s1. The van der Waals surface area contributed by atoms with Crippen molar-refractivity contribution in [3.05, 3.63) is 100 Å². The van der Waals surface area contributed by atoms with Crippen LogP contribution in [0, 0.1) is 5.82 Å². The molecule has 0 saturated carbocycles. The maximum absolute atomic E-state index is 14.0. The summed E-state index contributed by atoms with van der Waals surface area (Å²) in [6.45, 7) is 5.48.